The van der Waals surface area contributed by atoms with E-state index in [-0.39, 0.29) is 6.10 Å². The highest BCUT2D eigenvalue weighted by Gasteiger charge is 2.42. The minimum atomic E-state index is -0.188. The molecule has 1 aliphatic carbocycles. The second-order valence-electron chi connectivity index (χ2n) is 5.77. The molecule has 3 rings (SSSR count). The number of nitrogens with two attached hydrogens (primary N) is 1. The lowest BCUT2D eigenvalue weighted by Crippen LogP contribution is -2.28. The van der Waals surface area contributed by atoms with Crippen molar-refractivity contribution in [3.8, 4) is 0 Å². The molecule has 110 valence electrons. The zero-order chi connectivity index (χ0) is 14.3. The van der Waals surface area contributed by atoms with Crippen LogP contribution in [0.2, 0.25) is 0 Å². The largest absolute Gasteiger partial charge is 0.393 e. The summed E-state index contributed by atoms with van der Waals surface area (Å²) in [6.45, 7) is 1.69. The number of fused-ring (bicyclic) bond motifs is 1. The topological polar surface area (TPSA) is 103 Å². The van der Waals surface area contributed by atoms with E-state index >= 15 is 0 Å². The molecule has 2 fully saturated rings. The fraction of sp³-hybridized carbons (Fsp3) is 0.750. The van der Waals surface area contributed by atoms with Crippen molar-refractivity contribution in [1.82, 2.24) is 15.0 Å². The Morgan fingerprint density at radius 1 is 1.25 bits per heavy atom. The van der Waals surface area contributed by atoms with Gasteiger partial charge >= 0.3 is 0 Å². The molecule has 3 unspecified atom stereocenters. The number of rotatable bonds is 3. The van der Waals surface area contributed by atoms with Crippen LogP contribution >= 0.6 is 0 Å². The lowest BCUT2D eigenvalue weighted by atomic mass is 10.00. The van der Waals surface area contributed by atoms with E-state index in [2.05, 4.69) is 25.3 Å². The summed E-state index contributed by atoms with van der Waals surface area (Å²) < 4.78 is 0. The molecule has 0 radical (unpaired) electrons. The van der Waals surface area contributed by atoms with E-state index in [1.54, 1.807) is 0 Å². The van der Waals surface area contributed by atoms with Crippen molar-refractivity contribution >= 4 is 17.8 Å². The number of hydrogen-bond donors (Lipinski definition) is 3. The number of aliphatic hydroxyl groups is 1. The number of aromatic nitrogens is 3. The molecule has 8 heteroatoms. The fourth-order valence-corrected chi connectivity index (χ4v) is 3.16. The number of aliphatic hydroxyl groups excluding tert-OH is 1. The van der Waals surface area contributed by atoms with E-state index < -0.39 is 0 Å². The van der Waals surface area contributed by atoms with Crippen molar-refractivity contribution in [1.29, 1.82) is 0 Å². The SMILES string of the molecule is CN(C)c1nc(NN)nc(N2CC3CCC(O)C3C2)n1. The van der Waals surface area contributed by atoms with E-state index in [9.17, 15) is 5.11 Å². The van der Waals surface area contributed by atoms with Crippen LogP contribution in [0.3, 0.4) is 0 Å². The van der Waals surface area contributed by atoms with Crippen LogP contribution in [0.1, 0.15) is 12.8 Å². The summed E-state index contributed by atoms with van der Waals surface area (Å²) in [6.07, 6.45) is 1.81. The van der Waals surface area contributed by atoms with Crippen LogP contribution in [-0.2, 0) is 0 Å². The average molecular weight is 279 g/mol. The number of nitrogens with zero attached hydrogens (tertiary/aromatic N) is 5. The lowest BCUT2D eigenvalue weighted by molar-refractivity contribution is 0.133. The molecule has 1 saturated carbocycles. The maximum atomic E-state index is 9.99. The first-order valence-electron chi connectivity index (χ1n) is 6.91. The molecule has 0 amide bonds. The van der Waals surface area contributed by atoms with Crippen LogP contribution in [0.4, 0.5) is 17.8 Å². The quantitative estimate of drug-likeness (QED) is 0.499. The van der Waals surface area contributed by atoms with Gasteiger partial charge in [0, 0.05) is 33.1 Å². The van der Waals surface area contributed by atoms with Crippen molar-refractivity contribution in [3.05, 3.63) is 0 Å². The van der Waals surface area contributed by atoms with Gasteiger partial charge in [-0.1, -0.05) is 0 Å². The van der Waals surface area contributed by atoms with E-state index in [0.29, 0.717) is 29.7 Å². The summed E-state index contributed by atoms with van der Waals surface area (Å²) in [5.74, 6) is 7.85. The van der Waals surface area contributed by atoms with Crippen LogP contribution in [0.25, 0.3) is 0 Å². The zero-order valence-corrected chi connectivity index (χ0v) is 11.8. The predicted molar refractivity (Wildman–Crippen MR) is 76.4 cm³/mol. The Morgan fingerprint density at radius 2 is 2.05 bits per heavy atom. The van der Waals surface area contributed by atoms with Gasteiger partial charge in [0.15, 0.2) is 0 Å². The number of hydrogen-bond acceptors (Lipinski definition) is 8. The molecule has 2 aliphatic rings. The summed E-state index contributed by atoms with van der Waals surface area (Å²) in [4.78, 5) is 16.9. The Balaban J connectivity index is 1.85. The molecule has 1 aromatic rings. The maximum Gasteiger partial charge on any atom is 0.243 e. The Hall–Kier alpha value is -1.67. The number of anilines is 3. The molecule has 0 aromatic carbocycles. The second-order valence-corrected chi connectivity index (χ2v) is 5.77. The van der Waals surface area contributed by atoms with Crippen molar-refractivity contribution in [3.63, 3.8) is 0 Å². The molecular weight excluding hydrogens is 258 g/mol. The summed E-state index contributed by atoms with van der Waals surface area (Å²) in [5, 5.41) is 9.99. The maximum absolute atomic E-state index is 9.99. The Morgan fingerprint density at radius 3 is 2.70 bits per heavy atom. The molecule has 8 nitrogen and oxygen atoms in total. The Bertz CT molecular complexity index is 495. The minimum absolute atomic E-state index is 0.188. The van der Waals surface area contributed by atoms with Gasteiger partial charge in [-0.3, -0.25) is 5.43 Å². The normalized spacial score (nSPS) is 28.6. The predicted octanol–water partition coefficient (Wildman–Crippen LogP) is -0.570. The minimum Gasteiger partial charge on any atom is -0.393 e. The van der Waals surface area contributed by atoms with Crippen LogP contribution in [0.15, 0.2) is 0 Å². The third-order valence-corrected chi connectivity index (χ3v) is 4.24. The highest BCUT2D eigenvalue weighted by Crippen LogP contribution is 2.39. The van der Waals surface area contributed by atoms with Gasteiger partial charge in [-0.2, -0.15) is 15.0 Å². The molecule has 1 aliphatic heterocycles. The molecule has 4 N–H and O–H groups in total. The first-order chi connectivity index (χ1) is 9.58. The Labute approximate surface area is 118 Å². The summed E-state index contributed by atoms with van der Waals surface area (Å²) >= 11 is 0. The van der Waals surface area contributed by atoms with Gasteiger partial charge < -0.3 is 14.9 Å². The van der Waals surface area contributed by atoms with Gasteiger partial charge in [-0.05, 0) is 18.8 Å². The standard InChI is InChI=1S/C12H21N7O/c1-18(2)11-14-10(17-13)15-12(16-11)19-5-7-3-4-9(20)8(7)6-19/h7-9,20H,3-6,13H2,1-2H3,(H,14,15,16,17). The zero-order valence-electron chi connectivity index (χ0n) is 11.8. The van der Waals surface area contributed by atoms with Crippen LogP contribution in [0.5, 0.6) is 0 Å². The smallest absolute Gasteiger partial charge is 0.243 e. The van der Waals surface area contributed by atoms with E-state index in [1.165, 1.54) is 0 Å². The molecule has 0 spiro atoms. The van der Waals surface area contributed by atoms with Gasteiger partial charge in [-0.15, -0.1) is 0 Å². The van der Waals surface area contributed by atoms with Crippen LogP contribution < -0.4 is 21.1 Å². The molecule has 1 aromatic heterocycles. The summed E-state index contributed by atoms with van der Waals surface area (Å²) in [5.41, 5.74) is 2.48. The van der Waals surface area contributed by atoms with E-state index in [4.69, 9.17) is 5.84 Å². The summed E-state index contributed by atoms with van der Waals surface area (Å²) in [7, 11) is 3.75. The van der Waals surface area contributed by atoms with Gasteiger partial charge in [0.2, 0.25) is 17.8 Å². The van der Waals surface area contributed by atoms with Crippen LogP contribution in [0, 0.1) is 11.8 Å². The van der Waals surface area contributed by atoms with Crippen molar-refractivity contribution in [2.45, 2.75) is 18.9 Å². The third kappa shape index (κ3) is 2.25. The van der Waals surface area contributed by atoms with E-state index in [0.717, 1.165) is 25.9 Å². The third-order valence-electron chi connectivity index (χ3n) is 4.24. The van der Waals surface area contributed by atoms with Crippen molar-refractivity contribution in [2.75, 3.05) is 42.4 Å². The molecule has 2 heterocycles. The van der Waals surface area contributed by atoms with Gasteiger partial charge in [-0.25, -0.2) is 5.84 Å². The fourth-order valence-electron chi connectivity index (χ4n) is 3.16. The monoisotopic (exact) mass is 279 g/mol. The first-order valence-corrected chi connectivity index (χ1v) is 6.91. The summed E-state index contributed by atoms with van der Waals surface area (Å²) in [6, 6.07) is 0. The molecule has 1 saturated heterocycles. The van der Waals surface area contributed by atoms with Crippen LogP contribution in [-0.4, -0.2) is 53.3 Å². The lowest BCUT2D eigenvalue weighted by Gasteiger charge is -2.20. The first kappa shape index (κ1) is 13.3. The average Bonchev–Trinajstić information content (AvgIpc) is 3.01. The molecule has 3 atom stereocenters. The molecular formula is C12H21N7O. The number of hydrazine groups is 1. The Kier molecular flexibility index (Phi) is 3.35. The molecule has 20 heavy (non-hydrogen) atoms. The van der Waals surface area contributed by atoms with Gasteiger partial charge in [0.05, 0.1) is 6.10 Å². The highest BCUT2D eigenvalue weighted by molar-refractivity contribution is 5.45. The molecule has 0 bridgehead atoms. The number of nitrogens with one attached hydrogen (secondary N) is 1. The van der Waals surface area contributed by atoms with Crippen molar-refractivity contribution < 1.29 is 5.11 Å². The van der Waals surface area contributed by atoms with Gasteiger partial charge in [0.25, 0.3) is 0 Å². The van der Waals surface area contributed by atoms with Crippen molar-refractivity contribution in [2.24, 2.45) is 17.7 Å². The van der Waals surface area contributed by atoms with Gasteiger partial charge in [0.1, 0.15) is 0 Å². The highest BCUT2D eigenvalue weighted by atomic mass is 16.3. The second kappa shape index (κ2) is 5.02. The number of nitrogen functional groups attached to an aromatic ring is 1. The van der Waals surface area contributed by atoms with E-state index in [1.807, 2.05) is 19.0 Å².